The van der Waals surface area contributed by atoms with Crippen LogP contribution in [0.2, 0.25) is 0 Å². The number of hydrogen-bond donors (Lipinski definition) is 0. The third-order valence-corrected chi connectivity index (χ3v) is 3.83. The number of rotatable bonds is 3. The fraction of sp³-hybridized carbons (Fsp3) is 0.400. The Morgan fingerprint density at radius 3 is 3.00 bits per heavy atom. The molecule has 0 bridgehead atoms. The first-order valence-corrected chi connectivity index (χ1v) is 6.98. The lowest BCUT2D eigenvalue weighted by Gasteiger charge is -2.18. The summed E-state index contributed by atoms with van der Waals surface area (Å²) in [5.74, 6) is 0.918. The molecular formula is C15H18N4O2. The Balaban J connectivity index is 1.73. The van der Waals surface area contributed by atoms with Gasteiger partial charge in [0.2, 0.25) is 6.39 Å². The number of anilines is 1. The molecule has 6 heteroatoms. The van der Waals surface area contributed by atoms with Crippen molar-refractivity contribution in [2.24, 2.45) is 0 Å². The predicted octanol–water partition coefficient (Wildman–Crippen LogP) is 1.77. The van der Waals surface area contributed by atoms with Crippen LogP contribution in [0, 0.1) is 0 Å². The Morgan fingerprint density at radius 1 is 1.43 bits per heavy atom. The van der Waals surface area contributed by atoms with Crippen LogP contribution in [-0.4, -0.2) is 48.1 Å². The van der Waals surface area contributed by atoms with Crippen LogP contribution in [0.5, 0.6) is 0 Å². The Morgan fingerprint density at radius 2 is 2.29 bits per heavy atom. The fourth-order valence-electron chi connectivity index (χ4n) is 2.61. The molecule has 0 N–H and O–H groups in total. The van der Waals surface area contributed by atoms with Crippen molar-refractivity contribution >= 4 is 11.6 Å². The Labute approximate surface area is 123 Å². The van der Waals surface area contributed by atoms with Crippen LogP contribution in [0.15, 0.2) is 35.2 Å². The maximum atomic E-state index is 12.6. The molecule has 110 valence electrons. The summed E-state index contributed by atoms with van der Waals surface area (Å²) >= 11 is 0. The molecule has 1 atom stereocenters. The first kappa shape index (κ1) is 13.6. The fourth-order valence-corrected chi connectivity index (χ4v) is 2.61. The van der Waals surface area contributed by atoms with Crippen LogP contribution >= 0.6 is 0 Å². The van der Waals surface area contributed by atoms with Crippen LogP contribution in [0.25, 0.3) is 0 Å². The maximum Gasteiger partial charge on any atom is 0.253 e. The van der Waals surface area contributed by atoms with Crippen molar-refractivity contribution in [1.82, 2.24) is 15.0 Å². The van der Waals surface area contributed by atoms with E-state index in [-0.39, 0.29) is 11.8 Å². The van der Waals surface area contributed by atoms with Crippen LogP contribution in [-0.2, 0) is 0 Å². The first-order valence-electron chi connectivity index (χ1n) is 6.98. The molecule has 2 aromatic rings. The van der Waals surface area contributed by atoms with E-state index in [0.29, 0.717) is 12.4 Å². The number of benzene rings is 1. The molecule has 6 nitrogen and oxygen atoms in total. The predicted molar refractivity (Wildman–Crippen MR) is 78.3 cm³/mol. The minimum absolute atomic E-state index is 0.0599. The molecule has 1 aliphatic heterocycles. The molecule has 0 spiro atoms. The summed E-state index contributed by atoms with van der Waals surface area (Å²) in [5.41, 5.74) is 1.74. The number of carbonyl (C=O) groups is 1. The minimum Gasteiger partial charge on any atom is -0.378 e. The number of nitrogens with zero attached hydrogens (tertiary/aromatic N) is 4. The van der Waals surface area contributed by atoms with Crippen molar-refractivity contribution in [3.05, 3.63) is 42.0 Å². The molecule has 0 saturated carbocycles. The summed E-state index contributed by atoms with van der Waals surface area (Å²) in [6, 6.07) is 7.68. The van der Waals surface area contributed by atoms with Crippen molar-refractivity contribution < 1.29 is 9.32 Å². The molecule has 1 aliphatic rings. The van der Waals surface area contributed by atoms with Gasteiger partial charge >= 0.3 is 0 Å². The molecule has 1 aromatic heterocycles. The summed E-state index contributed by atoms with van der Waals surface area (Å²) in [7, 11) is 3.93. The highest BCUT2D eigenvalue weighted by atomic mass is 16.5. The standard InChI is InChI=1S/C15H18N4O2/c1-18(2)13-5-3-4-11(8-13)15(20)19-7-6-12(9-19)14-16-10-21-17-14/h3-5,8,10,12H,6-7,9H2,1-2H3. The molecular weight excluding hydrogens is 268 g/mol. The topological polar surface area (TPSA) is 62.5 Å². The number of aromatic nitrogens is 2. The van der Waals surface area contributed by atoms with Gasteiger partial charge in [0.1, 0.15) is 0 Å². The zero-order valence-electron chi connectivity index (χ0n) is 12.2. The van der Waals surface area contributed by atoms with Gasteiger partial charge in [-0.2, -0.15) is 4.98 Å². The summed E-state index contributed by atoms with van der Waals surface area (Å²) < 4.78 is 4.78. The van der Waals surface area contributed by atoms with E-state index in [1.165, 1.54) is 6.39 Å². The quantitative estimate of drug-likeness (QED) is 0.860. The minimum atomic E-state index is 0.0599. The van der Waals surface area contributed by atoms with Gasteiger partial charge in [-0.15, -0.1) is 0 Å². The van der Waals surface area contributed by atoms with Crippen molar-refractivity contribution in [2.45, 2.75) is 12.3 Å². The van der Waals surface area contributed by atoms with E-state index in [1.807, 2.05) is 48.2 Å². The van der Waals surface area contributed by atoms with Crippen LogP contribution in [0.1, 0.15) is 28.5 Å². The number of carbonyl (C=O) groups excluding carboxylic acids is 1. The zero-order valence-corrected chi connectivity index (χ0v) is 12.2. The lowest BCUT2D eigenvalue weighted by atomic mass is 10.1. The highest BCUT2D eigenvalue weighted by molar-refractivity contribution is 5.95. The van der Waals surface area contributed by atoms with E-state index in [2.05, 4.69) is 10.1 Å². The lowest BCUT2D eigenvalue weighted by molar-refractivity contribution is 0.0790. The van der Waals surface area contributed by atoms with Gasteiger partial charge in [0.05, 0.1) is 0 Å². The monoisotopic (exact) mass is 286 g/mol. The van der Waals surface area contributed by atoms with E-state index >= 15 is 0 Å². The average Bonchev–Trinajstić information content (AvgIpc) is 3.17. The molecule has 1 fully saturated rings. The van der Waals surface area contributed by atoms with Crippen molar-refractivity contribution in [1.29, 1.82) is 0 Å². The van der Waals surface area contributed by atoms with E-state index in [9.17, 15) is 4.79 Å². The van der Waals surface area contributed by atoms with Crippen molar-refractivity contribution in [3.63, 3.8) is 0 Å². The van der Waals surface area contributed by atoms with Crippen molar-refractivity contribution in [2.75, 3.05) is 32.1 Å². The molecule has 1 unspecified atom stereocenters. The summed E-state index contributed by atoms with van der Waals surface area (Å²) in [5, 5.41) is 3.87. The second-order valence-electron chi connectivity index (χ2n) is 5.47. The van der Waals surface area contributed by atoms with Gasteiger partial charge in [-0.25, -0.2) is 0 Å². The van der Waals surface area contributed by atoms with Gasteiger partial charge in [0.25, 0.3) is 5.91 Å². The summed E-state index contributed by atoms with van der Waals surface area (Å²) in [6.07, 6.45) is 2.21. The molecule has 2 heterocycles. The zero-order chi connectivity index (χ0) is 14.8. The number of hydrogen-bond acceptors (Lipinski definition) is 5. The van der Waals surface area contributed by atoms with Gasteiger partial charge in [-0.05, 0) is 24.6 Å². The van der Waals surface area contributed by atoms with Crippen molar-refractivity contribution in [3.8, 4) is 0 Å². The maximum absolute atomic E-state index is 12.6. The highest BCUT2D eigenvalue weighted by Gasteiger charge is 2.30. The first-order chi connectivity index (χ1) is 10.1. The van der Waals surface area contributed by atoms with Crippen LogP contribution in [0.4, 0.5) is 5.69 Å². The van der Waals surface area contributed by atoms with Gasteiger partial charge < -0.3 is 14.3 Å². The highest BCUT2D eigenvalue weighted by Crippen LogP contribution is 2.26. The lowest BCUT2D eigenvalue weighted by Crippen LogP contribution is -2.28. The summed E-state index contributed by atoms with van der Waals surface area (Å²) in [4.78, 5) is 20.5. The number of amides is 1. The Hall–Kier alpha value is -2.37. The van der Waals surface area contributed by atoms with Gasteiger partial charge in [-0.3, -0.25) is 4.79 Å². The van der Waals surface area contributed by atoms with E-state index < -0.39 is 0 Å². The molecule has 21 heavy (non-hydrogen) atoms. The van der Waals surface area contributed by atoms with E-state index in [1.54, 1.807) is 0 Å². The van der Waals surface area contributed by atoms with E-state index in [4.69, 9.17) is 4.52 Å². The van der Waals surface area contributed by atoms with Gasteiger partial charge in [0, 0.05) is 44.4 Å². The summed E-state index contributed by atoms with van der Waals surface area (Å²) in [6.45, 7) is 1.37. The smallest absolute Gasteiger partial charge is 0.253 e. The van der Waals surface area contributed by atoms with Gasteiger partial charge in [0.15, 0.2) is 5.82 Å². The van der Waals surface area contributed by atoms with Crippen LogP contribution in [0.3, 0.4) is 0 Å². The molecule has 1 amide bonds. The molecule has 3 rings (SSSR count). The number of likely N-dealkylation sites (tertiary alicyclic amines) is 1. The SMILES string of the molecule is CN(C)c1cccc(C(=O)N2CCC(c3ncon3)C2)c1. The molecule has 1 aromatic carbocycles. The molecule has 0 aliphatic carbocycles. The average molecular weight is 286 g/mol. The second kappa shape index (κ2) is 5.55. The van der Waals surface area contributed by atoms with Gasteiger partial charge in [-0.1, -0.05) is 11.2 Å². The van der Waals surface area contributed by atoms with E-state index in [0.717, 1.165) is 24.2 Å². The Kier molecular flexibility index (Phi) is 3.60. The third-order valence-electron chi connectivity index (χ3n) is 3.83. The third kappa shape index (κ3) is 2.74. The second-order valence-corrected chi connectivity index (χ2v) is 5.47. The molecule has 0 radical (unpaired) electrons. The molecule has 1 saturated heterocycles. The normalized spacial score (nSPS) is 18.0. The van der Waals surface area contributed by atoms with Crippen LogP contribution < -0.4 is 4.90 Å². The largest absolute Gasteiger partial charge is 0.378 e. The Bertz CT molecular complexity index is 624.